The first kappa shape index (κ1) is 16.7. The number of amides is 1. The molecule has 0 radical (unpaired) electrons. The Morgan fingerprint density at radius 3 is 2.20 bits per heavy atom. The van der Waals surface area contributed by atoms with Gasteiger partial charge in [-0.25, -0.2) is 0 Å². The largest absolute Gasteiger partial charge is 0.326 e. The van der Waals surface area contributed by atoms with Crippen molar-refractivity contribution in [2.24, 2.45) is 11.8 Å². The van der Waals surface area contributed by atoms with E-state index in [9.17, 15) is 4.79 Å². The number of carbonyl (C=O) groups excluding carboxylic acids is 1. The van der Waals surface area contributed by atoms with Crippen molar-refractivity contribution in [2.45, 2.75) is 59.8 Å². The summed E-state index contributed by atoms with van der Waals surface area (Å²) in [5.74, 6) is 1.52. The van der Waals surface area contributed by atoms with E-state index in [2.05, 4.69) is 45.1 Å². The third-order valence-corrected chi connectivity index (χ3v) is 3.32. The number of anilines is 1. The Kier molecular flexibility index (Phi) is 7.35. The summed E-state index contributed by atoms with van der Waals surface area (Å²) in [5.41, 5.74) is 2.24. The van der Waals surface area contributed by atoms with E-state index < -0.39 is 0 Å². The van der Waals surface area contributed by atoms with Crippen molar-refractivity contribution < 1.29 is 4.79 Å². The van der Waals surface area contributed by atoms with Crippen LogP contribution in [0.5, 0.6) is 0 Å². The van der Waals surface area contributed by atoms with Gasteiger partial charge in [-0.1, -0.05) is 52.7 Å². The zero-order valence-corrected chi connectivity index (χ0v) is 13.4. The molecule has 0 fully saturated rings. The number of benzene rings is 1. The molecule has 0 aliphatic heterocycles. The maximum atomic E-state index is 11.8. The molecule has 1 amide bonds. The Labute approximate surface area is 124 Å². The number of carbonyl (C=O) groups is 1. The van der Waals surface area contributed by atoms with Crippen molar-refractivity contribution in [3.63, 3.8) is 0 Å². The van der Waals surface area contributed by atoms with Crippen LogP contribution in [-0.2, 0) is 11.2 Å². The molecule has 0 unspecified atom stereocenters. The summed E-state index contributed by atoms with van der Waals surface area (Å²) < 4.78 is 0. The second-order valence-electron chi connectivity index (χ2n) is 6.48. The lowest BCUT2D eigenvalue weighted by Crippen LogP contribution is -2.11. The molecule has 0 aromatic heterocycles. The maximum absolute atomic E-state index is 11.8. The molecule has 20 heavy (non-hydrogen) atoms. The molecule has 1 rings (SSSR count). The Bertz CT molecular complexity index is 392. The number of nitrogens with one attached hydrogen (secondary N) is 1. The smallest absolute Gasteiger partial charge is 0.224 e. The van der Waals surface area contributed by atoms with Crippen LogP contribution in [0.2, 0.25) is 0 Å². The molecule has 1 aromatic rings. The van der Waals surface area contributed by atoms with Crippen LogP contribution in [0.25, 0.3) is 0 Å². The molecule has 0 spiro atoms. The number of rotatable bonds is 8. The van der Waals surface area contributed by atoms with Crippen molar-refractivity contribution >= 4 is 11.6 Å². The lowest BCUT2D eigenvalue weighted by molar-refractivity contribution is -0.116. The molecular formula is C18H29NO. The van der Waals surface area contributed by atoms with Crippen LogP contribution in [-0.4, -0.2) is 5.91 Å². The van der Waals surface area contributed by atoms with Gasteiger partial charge in [0.1, 0.15) is 0 Å². The molecule has 2 nitrogen and oxygen atoms in total. The molecule has 0 heterocycles. The van der Waals surface area contributed by atoms with Crippen LogP contribution in [0.1, 0.15) is 58.9 Å². The highest BCUT2D eigenvalue weighted by Crippen LogP contribution is 2.14. The molecule has 0 aliphatic rings. The fraction of sp³-hybridized carbons (Fsp3) is 0.611. The summed E-state index contributed by atoms with van der Waals surface area (Å²) >= 11 is 0. The van der Waals surface area contributed by atoms with E-state index in [1.54, 1.807) is 0 Å². The number of unbranched alkanes of at least 4 members (excludes halogenated alkanes) is 1. The minimum atomic E-state index is 0.130. The quantitative estimate of drug-likeness (QED) is 0.662. The third kappa shape index (κ3) is 7.32. The van der Waals surface area contributed by atoms with Crippen molar-refractivity contribution in [3.8, 4) is 0 Å². The molecule has 0 bridgehead atoms. The van der Waals surface area contributed by atoms with Crippen molar-refractivity contribution in [1.29, 1.82) is 0 Å². The first-order valence-electron chi connectivity index (χ1n) is 7.86. The van der Waals surface area contributed by atoms with Gasteiger partial charge in [0.2, 0.25) is 5.91 Å². The van der Waals surface area contributed by atoms with Crippen LogP contribution < -0.4 is 5.32 Å². The predicted molar refractivity (Wildman–Crippen MR) is 86.9 cm³/mol. The minimum Gasteiger partial charge on any atom is -0.326 e. The van der Waals surface area contributed by atoms with Gasteiger partial charge in [0.15, 0.2) is 0 Å². The van der Waals surface area contributed by atoms with E-state index in [4.69, 9.17) is 0 Å². The average Bonchev–Trinajstić information content (AvgIpc) is 2.36. The van der Waals surface area contributed by atoms with E-state index in [1.165, 1.54) is 12.0 Å². The molecular weight excluding hydrogens is 246 g/mol. The maximum Gasteiger partial charge on any atom is 0.224 e. The monoisotopic (exact) mass is 275 g/mol. The van der Waals surface area contributed by atoms with Gasteiger partial charge in [-0.05, 0) is 42.4 Å². The second kappa shape index (κ2) is 8.78. The molecule has 0 saturated carbocycles. The fourth-order valence-corrected chi connectivity index (χ4v) is 2.26. The van der Waals surface area contributed by atoms with E-state index in [-0.39, 0.29) is 5.91 Å². The SMILES string of the molecule is CC(C)CCCCC(=O)Nc1ccc(CC(C)C)cc1. The standard InChI is InChI=1S/C18H29NO/c1-14(2)7-5-6-8-18(20)19-17-11-9-16(10-12-17)13-15(3)4/h9-12,14-15H,5-8,13H2,1-4H3,(H,19,20). The second-order valence-corrected chi connectivity index (χ2v) is 6.48. The molecule has 2 heteroatoms. The predicted octanol–water partition coefficient (Wildman–Crippen LogP) is 5.04. The van der Waals surface area contributed by atoms with E-state index in [0.29, 0.717) is 12.3 Å². The Morgan fingerprint density at radius 2 is 1.65 bits per heavy atom. The highest BCUT2D eigenvalue weighted by molar-refractivity contribution is 5.90. The zero-order chi connectivity index (χ0) is 15.0. The Morgan fingerprint density at radius 1 is 1.00 bits per heavy atom. The highest BCUT2D eigenvalue weighted by atomic mass is 16.1. The van der Waals surface area contributed by atoms with Gasteiger partial charge >= 0.3 is 0 Å². The lowest BCUT2D eigenvalue weighted by atomic mass is 10.0. The minimum absolute atomic E-state index is 0.130. The van der Waals surface area contributed by atoms with Crippen LogP contribution in [0.15, 0.2) is 24.3 Å². The Balaban J connectivity index is 2.31. The summed E-state index contributed by atoms with van der Waals surface area (Å²) in [5, 5.41) is 2.97. The fourth-order valence-electron chi connectivity index (χ4n) is 2.26. The third-order valence-electron chi connectivity index (χ3n) is 3.32. The summed E-state index contributed by atoms with van der Waals surface area (Å²) in [6, 6.07) is 8.22. The first-order chi connectivity index (χ1) is 9.47. The summed E-state index contributed by atoms with van der Waals surface area (Å²) in [6.45, 7) is 8.87. The molecule has 0 aliphatic carbocycles. The van der Waals surface area contributed by atoms with Crippen LogP contribution >= 0.6 is 0 Å². The van der Waals surface area contributed by atoms with Crippen molar-refractivity contribution in [3.05, 3.63) is 29.8 Å². The topological polar surface area (TPSA) is 29.1 Å². The van der Waals surface area contributed by atoms with Gasteiger partial charge in [-0.3, -0.25) is 4.79 Å². The highest BCUT2D eigenvalue weighted by Gasteiger charge is 2.03. The van der Waals surface area contributed by atoms with E-state index in [1.807, 2.05) is 12.1 Å². The molecule has 0 atom stereocenters. The van der Waals surface area contributed by atoms with Crippen molar-refractivity contribution in [2.75, 3.05) is 5.32 Å². The van der Waals surface area contributed by atoms with E-state index in [0.717, 1.165) is 30.9 Å². The van der Waals surface area contributed by atoms with Crippen molar-refractivity contribution in [1.82, 2.24) is 0 Å². The van der Waals surface area contributed by atoms with Gasteiger partial charge in [0.25, 0.3) is 0 Å². The molecule has 0 saturated heterocycles. The molecule has 1 N–H and O–H groups in total. The van der Waals surface area contributed by atoms with Crippen LogP contribution in [0.3, 0.4) is 0 Å². The van der Waals surface area contributed by atoms with Gasteiger partial charge in [-0.2, -0.15) is 0 Å². The molecule has 1 aromatic carbocycles. The van der Waals surface area contributed by atoms with Crippen LogP contribution in [0, 0.1) is 11.8 Å². The summed E-state index contributed by atoms with van der Waals surface area (Å²) in [4.78, 5) is 11.8. The van der Waals surface area contributed by atoms with Crippen LogP contribution in [0.4, 0.5) is 5.69 Å². The molecule has 112 valence electrons. The van der Waals surface area contributed by atoms with Gasteiger partial charge in [0.05, 0.1) is 0 Å². The lowest BCUT2D eigenvalue weighted by Gasteiger charge is -2.08. The Hall–Kier alpha value is -1.31. The summed E-state index contributed by atoms with van der Waals surface area (Å²) in [7, 11) is 0. The summed E-state index contributed by atoms with van der Waals surface area (Å²) in [6.07, 6.45) is 5.04. The normalized spacial score (nSPS) is 11.1. The van der Waals surface area contributed by atoms with E-state index >= 15 is 0 Å². The van der Waals surface area contributed by atoms with Gasteiger partial charge < -0.3 is 5.32 Å². The number of hydrogen-bond donors (Lipinski definition) is 1. The number of hydrogen-bond acceptors (Lipinski definition) is 1. The first-order valence-corrected chi connectivity index (χ1v) is 7.86. The zero-order valence-electron chi connectivity index (χ0n) is 13.4. The van der Waals surface area contributed by atoms with Gasteiger partial charge in [0, 0.05) is 12.1 Å². The van der Waals surface area contributed by atoms with Gasteiger partial charge in [-0.15, -0.1) is 0 Å². The average molecular weight is 275 g/mol.